The van der Waals surface area contributed by atoms with E-state index in [1.165, 1.54) is 25.5 Å². The van der Waals surface area contributed by atoms with Gasteiger partial charge in [0.2, 0.25) is 0 Å². The average Bonchev–Trinajstić information content (AvgIpc) is 2.84. The molecule has 2 aromatic rings. The van der Waals surface area contributed by atoms with E-state index >= 15 is 0 Å². The van der Waals surface area contributed by atoms with Crippen molar-refractivity contribution in [1.29, 1.82) is 0 Å². The molecule has 0 spiro atoms. The number of hydrogen-bond donors (Lipinski definition) is 0. The molecule has 1 atom stereocenters. The van der Waals surface area contributed by atoms with Crippen molar-refractivity contribution in [3.8, 4) is 5.75 Å². The zero-order chi connectivity index (χ0) is 23.8. The van der Waals surface area contributed by atoms with Crippen molar-refractivity contribution < 1.29 is 14.3 Å². The van der Waals surface area contributed by atoms with Crippen LogP contribution in [0.2, 0.25) is 5.02 Å². The first kappa shape index (κ1) is 25.6. The van der Waals surface area contributed by atoms with Gasteiger partial charge in [0.05, 0.1) is 19.6 Å². The van der Waals surface area contributed by atoms with Crippen molar-refractivity contribution in [3.63, 3.8) is 0 Å². The van der Waals surface area contributed by atoms with Gasteiger partial charge in [-0.15, -0.1) is 0 Å². The Labute approximate surface area is 204 Å². The predicted octanol–water partition coefficient (Wildman–Crippen LogP) is 6.15. The molecule has 0 amide bonds. The van der Waals surface area contributed by atoms with Crippen LogP contribution in [0.3, 0.4) is 0 Å². The second kappa shape index (κ2) is 11.9. The number of esters is 1. The summed E-state index contributed by atoms with van der Waals surface area (Å²) in [6, 6.07) is 16.1. The van der Waals surface area contributed by atoms with Gasteiger partial charge in [0, 0.05) is 5.02 Å². The lowest BCUT2D eigenvalue weighted by Gasteiger charge is -2.37. The minimum absolute atomic E-state index is 0.128. The lowest BCUT2D eigenvalue weighted by atomic mass is 9.68. The van der Waals surface area contributed by atoms with Gasteiger partial charge < -0.3 is 14.4 Å². The molecule has 0 bridgehead atoms. The molecule has 1 fully saturated rings. The second-order valence-electron chi connectivity index (χ2n) is 9.57. The van der Waals surface area contributed by atoms with Crippen LogP contribution in [0.15, 0.2) is 48.5 Å². The third-order valence-electron chi connectivity index (χ3n) is 7.33. The number of nitrogens with zero attached hydrogens (tertiary/aromatic N) is 1. The Hall–Kier alpha value is -2.04. The molecular formula is C28H38ClNO3. The Bertz CT molecular complexity index is 873. The summed E-state index contributed by atoms with van der Waals surface area (Å²) in [7, 11) is 3.15. The van der Waals surface area contributed by atoms with Crippen molar-refractivity contribution >= 4 is 17.6 Å². The third-order valence-corrected chi connectivity index (χ3v) is 7.58. The first-order chi connectivity index (χ1) is 15.9. The monoisotopic (exact) mass is 471 g/mol. The van der Waals surface area contributed by atoms with E-state index in [2.05, 4.69) is 30.9 Å². The standard InChI is InChI=1S/C28H38ClNO3/c1-21(2)28(27(31)33-4,24-8-12-26(32-3)13-9-24)16-5-17-30-18-14-23(15-19-30)20-22-6-10-25(29)11-7-22/h6-13,21,23H,5,14-20H2,1-4H3. The number of benzene rings is 2. The summed E-state index contributed by atoms with van der Waals surface area (Å²) < 4.78 is 10.6. The van der Waals surface area contributed by atoms with E-state index in [1.807, 2.05) is 36.4 Å². The van der Waals surface area contributed by atoms with Gasteiger partial charge in [0.1, 0.15) is 5.75 Å². The predicted molar refractivity (Wildman–Crippen MR) is 135 cm³/mol. The first-order valence-corrected chi connectivity index (χ1v) is 12.5. The highest BCUT2D eigenvalue weighted by Crippen LogP contribution is 2.39. The van der Waals surface area contributed by atoms with Gasteiger partial charge in [-0.25, -0.2) is 0 Å². The summed E-state index contributed by atoms with van der Waals surface area (Å²) in [6.45, 7) is 7.48. The van der Waals surface area contributed by atoms with Crippen molar-refractivity contribution in [2.45, 2.75) is 51.4 Å². The second-order valence-corrected chi connectivity index (χ2v) is 10.0. The van der Waals surface area contributed by atoms with Crippen LogP contribution >= 0.6 is 11.6 Å². The maximum atomic E-state index is 13.1. The number of likely N-dealkylation sites (tertiary alicyclic amines) is 1. The molecule has 0 aliphatic carbocycles. The number of halogens is 1. The summed E-state index contributed by atoms with van der Waals surface area (Å²) in [6.07, 6.45) is 5.29. The van der Waals surface area contributed by atoms with E-state index in [1.54, 1.807) is 7.11 Å². The van der Waals surface area contributed by atoms with Crippen LogP contribution in [0.4, 0.5) is 0 Å². The highest BCUT2D eigenvalue weighted by molar-refractivity contribution is 6.30. The molecule has 1 heterocycles. The van der Waals surface area contributed by atoms with E-state index in [0.29, 0.717) is 0 Å². The van der Waals surface area contributed by atoms with Gasteiger partial charge in [-0.1, -0.05) is 49.7 Å². The number of methoxy groups -OCH3 is 2. The summed E-state index contributed by atoms with van der Waals surface area (Å²) in [4.78, 5) is 15.6. The summed E-state index contributed by atoms with van der Waals surface area (Å²) in [5, 5.41) is 0.799. The minimum atomic E-state index is -0.645. The third kappa shape index (κ3) is 6.30. The first-order valence-electron chi connectivity index (χ1n) is 12.1. The molecule has 1 unspecified atom stereocenters. The number of carbonyl (C=O) groups is 1. The molecule has 33 heavy (non-hydrogen) atoms. The molecule has 3 rings (SSSR count). The highest BCUT2D eigenvalue weighted by Gasteiger charge is 2.44. The molecule has 180 valence electrons. The molecular weight excluding hydrogens is 434 g/mol. The van der Waals surface area contributed by atoms with Crippen LogP contribution < -0.4 is 4.74 Å². The average molecular weight is 472 g/mol. The van der Waals surface area contributed by atoms with Gasteiger partial charge >= 0.3 is 5.97 Å². The van der Waals surface area contributed by atoms with Crippen molar-refractivity contribution in [2.24, 2.45) is 11.8 Å². The minimum Gasteiger partial charge on any atom is -0.497 e. The van der Waals surface area contributed by atoms with Crippen molar-refractivity contribution in [1.82, 2.24) is 4.90 Å². The Balaban J connectivity index is 1.57. The summed E-state index contributed by atoms with van der Waals surface area (Å²) >= 11 is 6.01. The maximum absolute atomic E-state index is 13.1. The lowest BCUT2D eigenvalue weighted by molar-refractivity contribution is -0.150. The fourth-order valence-electron chi connectivity index (χ4n) is 5.24. The summed E-state index contributed by atoms with van der Waals surface area (Å²) in [5.74, 6) is 1.50. The number of hydrogen-bond acceptors (Lipinski definition) is 4. The fraction of sp³-hybridized carbons (Fsp3) is 0.536. The van der Waals surface area contributed by atoms with E-state index in [4.69, 9.17) is 21.1 Å². The number of ether oxygens (including phenoxy) is 2. The van der Waals surface area contributed by atoms with Gasteiger partial charge in [0.25, 0.3) is 0 Å². The number of carbonyl (C=O) groups excluding carboxylic acids is 1. The van der Waals surface area contributed by atoms with Gasteiger partial charge in [-0.3, -0.25) is 4.79 Å². The number of rotatable bonds is 10. The Kier molecular flexibility index (Phi) is 9.22. The molecule has 2 aromatic carbocycles. The maximum Gasteiger partial charge on any atom is 0.316 e. The Morgan fingerprint density at radius 3 is 2.24 bits per heavy atom. The number of piperidine rings is 1. The molecule has 0 N–H and O–H groups in total. The largest absolute Gasteiger partial charge is 0.497 e. The van der Waals surface area contributed by atoms with E-state index < -0.39 is 5.41 Å². The zero-order valence-electron chi connectivity index (χ0n) is 20.5. The topological polar surface area (TPSA) is 38.8 Å². The van der Waals surface area contributed by atoms with Crippen LogP contribution in [0.25, 0.3) is 0 Å². The van der Waals surface area contributed by atoms with Crippen LogP contribution in [-0.2, 0) is 21.4 Å². The fourth-order valence-corrected chi connectivity index (χ4v) is 5.37. The van der Waals surface area contributed by atoms with Crippen LogP contribution in [0.1, 0.15) is 50.7 Å². The van der Waals surface area contributed by atoms with E-state index in [9.17, 15) is 4.79 Å². The highest BCUT2D eigenvalue weighted by atomic mass is 35.5. The lowest BCUT2D eigenvalue weighted by Crippen LogP contribution is -2.43. The molecule has 0 aromatic heterocycles. The Morgan fingerprint density at radius 1 is 1.06 bits per heavy atom. The molecule has 0 saturated carbocycles. The smallest absolute Gasteiger partial charge is 0.316 e. The Morgan fingerprint density at radius 2 is 1.70 bits per heavy atom. The van der Waals surface area contributed by atoms with Crippen molar-refractivity contribution in [2.75, 3.05) is 33.9 Å². The van der Waals surface area contributed by atoms with Crippen LogP contribution in [0.5, 0.6) is 5.75 Å². The molecule has 1 aliphatic heterocycles. The molecule has 5 heteroatoms. The van der Waals surface area contributed by atoms with Crippen molar-refractivity contribution in [3.05, 3.63) is 64.7 Å². The quantitative estimate of drug-likeness (QED) is 0.389. The van der Waals surface area contributed by atoms with E-state index in [0.717, 1.165) is 61.2 Å². The van der Waals surface area contributed by atoms with Gasteiger partial charge in [0.15, 0.2) is 0 Å². The molecule has 4 nitrogen and oxygen atoms in total. The molecule has 0 radical (unpaired) electrons. The SMILES string of the molecule is COC(=O)C(CCCN1CCC(Cc2ccc(Cl)cc2)CC1)(c1ccc(OC)cc1)C(C)C. The molecule has 1 saturated heterocycles. The van der Waals surface area contributed by atoms with Crippen LogP contribution in [0, 0.1) is 11.8 Å². The molecule has 1 aliphatic rings. The van der Waals surface area contributed by atoms with Gasteiger partial charge in [-0.05, 0) is 99.0 Å². The van der Waals surface area contributed by atoms with E-state index in [-0.39, 0.29) is 11.9 Å². The van der Waals surface area contributed by atoms with Crippen LogP contribution in [-0.4, -0.2) is 44.7 Å². The van der Waals surface area contributed by atoms with Gasteiger partial charge in [-0.2, -0.15) is 0 Å². The zero-order valence-corrected chi connectivity index (χ0v) is 21.2. The normalized spacial score (nSPS) is 17.0. The summed E-state index contributed by atoms with van der Waals surface area (Å²) in [5.41, 5.74) is 1.73.